The number of nitrogens with one attached hydrogen (secondary N) is 2. The second kappa shape index (κ2) is 5.87. The predicted molar refractivity (Wildman–Crippen MR) is 73.5 cm³/mol. The number of nitrogens with zero attached hydrogens (tertiary/aromatic N) is 1. The van der Waals surface area contributed by atoms with Gasteiger partial charge in [0, 0.05) is 31.0 Å². The lowest BCUT2D eigenvalue weighted by Gasteiger charge is -2.14. The topological polar surface area (TPSA) is 104 Å². The van der Waals surface area contributed by atoms with E-state index in [1.54, 1.807) is 6.07 Å². The number of carbonyl (C=O) groups is 1. The molecule has 1 saturated carbocycles. The number of aliphatic hydroxyl groups excluding tert-OH is 1. The molecular formula is C13H17N3O4. The van der Waals surface area contributed by atoms with Crippen molar-refractivity contribution in [2.24, 2.45) is 5.41 Å². The number of non-ortho nitro benzene ring substituents is 1. The maximum atomic E-state index is 11.7. The lowest BCUT2D eigenvalue weighted by Crippen LogP contribution is -2.34. The van der Waals surface area contributed by atoms with E-state index in [-0.39, 0.29) is 17.7 Å². The lowest BCUT2D eigenvalue weighted by molar-refractivity contribution is -0.384. The van der Waals surface area contributed by atoms with Gasteiger partial charge in [0.25, 0.3) is 5.69 Å². The minimum Gasteiger partial charge on any atom is -0.396 e. The fraction of sp³-hybridized carbons (Fsp3) is 0.462. The summed E-state index contributed by atoms with van der Waals surface area (Å²) < 4.78 is 0. The van der Waals surface area contributed by atoms with Gasteiger partial charge in [0.2, 0.25) is 0 Å². The van der Waals surface area contributed by atoms with Gasteiger partial charge in [0.05, 0.1) is 4.92 Å². The molecule has 0 bridgehead atoms. The summed E-state index contributed by atoms with van der Waals surface area (Å²) in [5.41, 5.74) is 0.347. The number of hydrogen-bond donors (Lipinski definition) is 3. The average molecular weight is 279 g/mol. The van der Waals surface area contributed by atoms with E-state index in [2.05, 4.69) is 10.6 Å². The van der Waals surface area contributed by atoms with Gasteiger partial charge in [0.15, 0.2) is 0 Å². The minimum atomic E-state index is -0.510. The zero-order valence-electron chi connectivity index (χ0n) is 11.0. The fourth-order valence-corrected chi connectivity index (χ4v) is 2.07. The molecule has 1 aromatic carbocycles. The van der Waals surface area contributed by atoms with E-state index in [1.165, 1.54) is 18.2 Å². The molecule has 0 spiro atoms. The van der Waals surface area contributed by atoms with Crippen LogP contribution in [-0.4, -0.2) is 29.2 Å². The predicted octanol–water partition coefficient (Wildman–Crippen LogP) is 1.88. The molecule has 2 rings (SSSR count). The van der Waals surface area contributed by atoms with Gasteiger partial charge < -0.3 is 15.7 Å². The molecule has 2 amide bonds. The lowest BCUT2D eigenvalue weighted by atomic mass is 10.0. The Morgan fingerprint density at radius 1 is 1.45 bits per heavy atom. The number of aliphatic hydroxyl groups is 1. The minimum absolute atomic E-state index is 0.0365. The SMILES string of the molecule is O=C(NCC1(CCO)CC1)Nc1cccc([N+](=O)[O-])c1. The third-order valence-corrected chi connectivity index (χ3v) is 3.54. The third-order valence-electron chi connectivity index (χ3n) is 3.54. The summed E-state index contributed by atoms with van der Waals surface area (Å²) in [5.74, 6) is 0. The van der Waals surface area contributed by atoms with Gasteiger partial charge in [-0.2, -0.15) is 0 Å². The van der Waals surface area contributed by atoms with Crippen LogP contribution in [0.5, 0.6) is 0 Å². The van der Waals surface area contributed by atoms with Gasteiger partial charge in [-0.15, -0.1) is 0 Å². The number of nitro groups is 1. The van der Waals surface area contributed by atoms with E-state index in [4.69, 9.17) is 5.11 Å². The van der Waals surface area contributed by atoms with Crippen molar-refractivity contribution in [3.8, 4) is 0 Å². The summed E-state index contributed by atoms with van der Waals surface area (Å²) in [6.07, 6.45) is 2.69. The van der Waals surface area contributed by atoms with E-state index in [1.807, 2.05) is 0 Å². The summed E-state index contributed by atoms with van der Waals surface area (Å²) in [6.45, 7) is 0.627. The van der Waals surface area contributed by atoms with Gasteiger partial charge >= 0.3 is 6.03 Å². The highest BCUT2D eigenvalue weighted by atomic mass is 16.6. The van der Waals surface area contributed by atoms with Crippen molar-refractivity contribution in [1.82, 2.24) is 5.32 Å². The Morgan fingerprint density at radius 3 is 2.80 bits per heavy atom. The maximum absolute atomic E-state index is 11.7. The Kier molecular flexibility index (Phi) is 4.19. The Labute approximate surface area is 116 Å². The van der Waals surface area contributed by atoms with Gasteiger partial charge in [0.1, 0.15) is 0 Å². The summed E-state index contributed by atoms with van der Waals surface area (Å²) in [6, 6.07) is 5.38. The van der Waals surface area contributed by atoms with Crippen LogP contribution in [0, 0.1) is 15.5 Å². The van der Waals surface area contributed by atoms with Crippen molar-refractivity contribution in [2.45, 2.75) is 19.3 Å². The molecule has 0 aromatic heterocycles. The first-order valence-corrected chi connectivity index (χ1v) is 6.45. The van der Waals surface area contributed by atoms with E-state index in [9.17, 15) is 14.9 Å². The molecule has 3 N–H and O–H groups in total. The normalized spacial score (nSPS) is 15.4. The third kappa shape index (κ3) is 3.67. The maximum Gasteiger partial charge on any atom is 0.319 e. The molecule has 1 aromatic rings. The highest BCUT2D eigenvalue weighted by Crippen LogP contribution is 2.47. The molecule has 0 radical (unpaired) electrons. The van der Waals surface area contributed by atoms with Crippen LogP contribution >= 0.6 is 0 Å². The molecule has 1 fully saturated rings. The van der Waals surface area contributed by atoms with Crippen molar-refractivity contribution >= 4 is 17.4 Å². The standard InChI is InChI=1S/C13H17N3O4/c17-7-6-13(4-5-13)9-14-12(18)15-10-2-1-3-11(8-10)16(19)20/h1-3,8,17H,4-7,9H2,(H2,14,15,18). The summed E-state index contributed by atoms with van der Waals surface area (Å²) >= 11 is 0. The van der Waals surface area contributed by atoms with Crippen molar-refractivity contribution in [2.75, 3.05) is 18.5 Å². The Hall–Kier alpha value is -2.15. The van der Waals surface area contributed by atoms with Crippen LogP contribution in [0.15, 0.2) is 24.3 Å². The van der Waals surface area contributed by atoms with E-state index in [0.717, 1.165) is 12.8 Å². The zero-order valence-corrected chi connectivity index (χ0v) is 11.0. The molecule has 0 unspecified atom stereocenters. The Balaban J connectivity index is 1.85. The molecule has 0 aliphatic heterocycles. The molecule has 7 nitrogen and oxygen atoms in total. The largest absolute Gasteiger partial charge is 0.396 e. The number of rotatable bonds is 6. The zero-order chi connectivity index (χ0) is 14.6. The number of benzene rings is 1. The van der Waals surface area contributed by atoms with Gasteiger partial charge in [-0.05, 0) is 30.7 Å². The first-order valence-electron chi connectivity index (χ1n) is 6.45. The van der Waals surface area contributed by atoms with Crippen LogP contribution in [0.2, 0.25) is 0 Å². The fourth-order valence-electron chi connectivity index (χ4n) is 2.07. The van der Waals surface area contributed by atoms with Gasteiger partial charge in [-0.25, -0.2) is 4.79 Å². The highest BCUT2D eigenvalue weighted by Gasteiger charge is 2.41. The molecule has 7 heteroatoms. The summed E-state index contributed by atoms with van der Waals surface area (Å²) in [5, 5.41) is 24.9. The van der Waals surface area contributed by atoms with Gasteiger partial charge in [-0.1, -0.05) is 6.07 Å². The highest BCUT2D eigenvalue weighted by molar-refractivity contribution is 5.89. The van der Waals surface area contributed by atoms with Crippen molar-refractivity contribution < 1.29 is 14.8 Å². The Bertz CT molecular complexity index is 514. The first kappa shape index (κ1) is 14.3. The van der Waals surface area contributed by atoms with E-state index in [0.29, 0.717) is 18.7 Å². The molecule has 0 heterocycles. The number of nitro benzene ring substituents is 1. The number of hydrogen-bond acceptors (Lipinski definition) is 4. The molecular weight excluding hydrogens is 262 g/mol. The van der Waals surface area contributed by atoms with Crippen molar-refractivity contribution in [3.05, 3.63) is 34.4 Å². The average Bonchev–Trinajstić information content (AvgIpc) is 3.17. The van der Waals surface area contributed by atoms with E-state index < -0.39 is 11.0 Å². The van der Waals surface area contributed by atoms with Crippen LogP contribution in [0.25, 0.3) is 0 Å². The second-order valence-corrected chi connectivity index (χ2v) is 5.09. The van der Waals surface area contributed by atoms with Crippen LogP contribution in [0.1, 0.15) is 19.3 Å². The molecule has 0 saturated heterocycles. The quantitative estimate of drug-likeness (QED) is 0.546. The number of carbonyl (C=O) groups excluding carboxylic acids is 1. The molecule has 108 valence electrons. The summed E-state index contributed by atoms with van der Waals surface area (Å²) in [4.78, 5) is 21.8. The van der Waals surface area contributed by atoms with Crippen LogP contribution in [0.3, 0.4) is 0 Å². The van der Waals surface area contributed by atoms with Crippen molar-refractivity contribution in [3.63, 3.8) is 0 Å². The molecule has 0 atom stereocenters. The number of urea groups is 1. The molecule has 1 aliphatic rings. The first-order chi connectivity index (χ1) is 9.54. The summed E-state index contributed by atoms with van der Waals surface area (Å²) in [7, 11) is 0. The second-order valence-electron chi connectivity index (χ2n) is 5.09. The van der Waals surface area contributed by atoms with Crippen LogP contribution in [-0.2, 0) is 0 Å². The monoisotopic (exact) mass is 279 g/mol. The van der Waals surface area contributed by atoms with E-state index >= 15 is 0 Å². The Morgan fingerprint density at radius 2 is 2.20 bits per heavy atom. The smallest absolute Gasteiger partial charge is 0.319 e. The van der Waals surface area contributed by atoms with Gasteiger partial charge in [-0.3, -0.25) is 10.1 Å². The van der Waals surface area contributed by atoms with Crippen molar-refractivity contribution in [1.29, 1.82) is 0 Å². The molecule has 1 aliphatic carbocycles. The molecule has 20 heavy (non-hydrogen) atoms. The van der Waals surface area contributed by atoms with Crippen LogP contribution < -0.4 is 10.6 Å². The number of anilines is 1. The number of amides is 2. The van der Waals surface area contributed by atoms with Crippen LogP contribution in [0.4, 0.5) is 16.2 Å².